The summed E-state index contributed by atoms with van der Waals surface area (Å²) in [5.41, 5.74) is 1.38. The van der Waals surface area contributed by atoms with Gasteiger partial charge in [0.15, 0.2) is 0 Å². The normalized spacial score (nSPS) is 11.7. The van der Waals surface area contributed by atoms with Crippen molar-refractivity contribution in [2.75, 3.05) is 5.32 Å². The van der Waals surface area contributed by atoms with Crippen molar-refractivity contribution in [2.45, 2.75) is 39.8 Å². The second-order valence-corrected chi connectivity index (χ2v) is 8.34. The van der Waals surface area contributed by atoms with E-state index in [1.807, 2.05) is 6.92 Å². The van der Waals surface area contributed by atoms with Gasteiger partial charge in [-0.2, -0.15) is 10.2 Å². The molecule has 6 nitrogen and oxygen atoms in total. The molecule has 1 aromatic carbocycles. The number of amides is 1. The molecule has 148 valence electrons. The molecule has 28 heavy (non-hydrogen) atoms. The van der Waals surface area contributed by atoms with Gasteiger partial charge in [-0.15, -0.1) is 0 Å². The molecule has 0 bridgehead atoms. The number of hydrogen-bond donors (Lipinski definition) is 1. The number of nitrogens with one attached hydrogen (secondary N) is 1. The second kappa shape index (κ2) is 7.67. The van der Waals surface area contributed by atoms with Gasteiger partial charge in [0.25, 0.3) is 5.91 Å². The molecule has 3 rings (SSSR count). The zero-order valence-electron chi connectivity index (χ0n) is 15.9. The van der Waals surface area contributed by atoms with Gasteiger partial charge in [0.05, 0.1) is 34.3 Å². The largest absolute Gasteiger partial charge is 0.321 e. The number of anilines is 1. The second-order valence-electron chi connectivity index (χ2n) is 7.02. The number of aryl methyl sites for hydroxylation is 1. The van der Waals surface area contributed by atoms with Crippen LogP contribution in [0.3, 0.4) is 0 Å². The Hall–Kier alpha value is -2.19. The molecule has 0 saturated carbocycles. The maximum absolute atomic E-state index is 14.1. The molecule has 0 spiro atoms. The van der Waals surface area contributed by atoms with Crippen LogP contribution < -0.4 is 5.32 Å². The summed E-state index contributed by atoms with van der Waals surface area (Å²) in [4.78, 5) is 12.9. The van der Waals surface area contributed by atoms with Crippen molar-refractivity contribution in [1.29, 1.82) is 0 Å². The maximum atomic E-state index is 14.1. The quantitative estimate of drug-likeness (QED) is 0.592. The van der Waals surface area contributed by atoms with Crippen LogP contribution in [0.25, 0.3) is 0 Å². The predicted molar refractivity (Wildman–Crippen MR) is 110 cm³/mol. The monoisotopic (exact) mass is 467 g/mol. The van der Waals surface area contributed by atoms with E-state index in [4.69, 9.17) is 11.6 Å². The standard InChI is InChI=1S/C19H20BrClFN5O/c1-11-17(24-18(28)19(3,4)27-9-13(20)8-23-27)12(2)26(25-11)10-14-15(21)6-5-7-16(14)22/h5-9H,10H2,1-4H3,(H,24,28). The first-order valence-corrected chi connectivity index (χ1v) is 9.77. The van der Waals surface area contributed by atoms with Gasteiger partial charge in [-0.25, -0.2) is 4.39 Å². The number of aromatic nitrogens is 4. The summed E-state index contributed by atoms with van der Waals surface area (Å²) in [5, 5.41) is 11.9. The van der Waals surface area contributed by atoms with Gasteiger partial charge in [-0.05, 0) is 55.8 Å². The fourth-order valence-corrected chi connectivity index (χ4v) is 3.35. The first-order chi connectivity index (χ1) is 13.1. The van der Waals surface area contributed by atoms with Gasteiger partial charge in [-0.3, -0.25) is 14.2 Å². The van der Waals surface area contributed by atoms with Gasteiger partial charge in [0, 0.05) is 16.8 Å². The van der Waals surface area contributed by atoms with Crippen LogP contribution in [0.5, 0.6) is 0 Å². The number of carbonyl (C=O) groups excluding carboxylic acids is 1. The fourth-order valence-electron chi connectivity index (χ4n) is 2.84. The molecule has 0 aliphatic rings. The third-order valence-corrected chi connectivity index (χ3v) is 5.43. The van der Waals surface area contributed by atoms with E-state index in [0.717, 1.165) is 4.47 Å². The van der Waals surface area contributed by atoms with E-state index in [1.54, 1.807) is 54.7 Å². The molecule has 0 unspecified atom stereocenters. The van der Waals surface area contributed by atoms with Crippen molar-refractivity contribution in [2.24, 2.45) is 0 Å². The van der Waals surface area contributed by atoms with Crippen molar-refractivity contribution in [1.82, 2.24) is 19.6 Å². The van der Waals surface area contributed by atoms with Gasteiger partial charge in [0.1, 0.15) is 11.4 Å². The van der Waals surface area contributed by atoms with Crippen LogP contribution in [0.1, 0.15) is 30.8 Å². The number of halogens is 3. The predicted octanol–water partition coefficient (Wildman–Crippen LogP) is 4.67. The summed E-state index contributed by atoms with van der Waals surface area (Å²) in [6, 6.07) is 4.56. The van der Waals surface area contributed by atoms with Gasteiger partial charge in [0.2, 0.25) is 0 Å². The minimum Gasteiger partial charge on any atom is -0.321 e. The van der Waals surface area contributed by atoms with Crippen molar-refractivity contribution in [3.8, 4) is 0 Å². The van der Waals surface area contributed by atoms with E-state index in [-0.39, 0.29) is 12.5 Å². The molecular weight excluding hydrogens is 449 g/mol. The van der Waals surface area contributed by atoms with Crippen LogP contribution in [0.15, 0.2) is 35.1 Å². The summed E-state index contributed by atoms with van der Waals surface area (Å²) in [7, 11) is 0. The van der Waals surface area contributed by atoms with E-state index in [9.17, 15) is 9.18 Å². The Balaban J connectivity index is 1.87. The number of rotatable bonds is 5. The highest BCUT2D eigenvalue weighted by atomic mass is 79.9. The minimum absolute atomic E-state index is 0.170. The highest BCUT2D eigenvalue weighted by Gasteiger charge is 2.32. The minimum atomic E-state index is -0.915. The molecule has 2 aromatic heterocycles. The summed E-state index contributed by atoms with van der Waals surface area (Å²) < 4.78 is 18.1. The maximum Gasteiger partial charge on any atom is 0.251 e. The zero-order valence-corrected chi connectivity index (χ0v) is 18.3. The van der Waals surface area contributed by atoms with E-state index in [0.29, 0.717) is 27.7 Å². The molecule has 0 saturated heterocycles. The zero-order chi connectivity index (χ0) is 20.6. The fraction of sp³-hybridized carbons (Fsp3) is 0.316. The number of benzene rings is 1. The van der Waals surface area contributed by atoms with Crippen LogP contribution in [-0.2, 0) is 16.9 Å². The van der Waals surface area contributed by atoms with Gasteiger partial charge in [-0.1, -0.05) is 17.7 Å². The molecule has 3 aromatic rings. The molecule has 0 radical (unpaired) electrons. The molecule has 0 fully saturated rings. The Labute approximate surface area is 175 Å². The summed E-state index contributed by atoms with van der Waals surface area (Å²) in [5.74, 6) is -0.631. The average Bonchev–Trinajstić information content (AvgIpc) is 3.17. The molecule has 2 heterocycles. The van der Waals surface area contributed by atoms with Gasteiger partial charge < -0.3 is 5.32 Å². The topological polar surface area (TPSA) is 64.7 Å². The molecule has 0 atom stereocenters. The Morgan fingerprint density at radius 2 is 2.07 bits per heavy atom. The highest BCUT2D eigenvalue weighted by Crippen LogP contribution is 2.26. The molecule has 1 amide bonds. The molecular formula is C19H20BrClFN5O. The van der Waals surface area contributed by atoms with Crippen LogP contribution in [0.4, 0.5) is 10.1 Å². The van der Waals surface area contributed by atoms with Crippen LogP contribution in [0.2, 0.25) is 5.02 Å². The van der Waals surface area contributed by atoms with Crippen LogP contribution >= 0.6 is 27.5 Å². The lowest BCUT2D eigenvalue weighted by atomic mass is 10.0. The number of carbonyl (C=O) groups is 1. The third kappa shape index (κ3) is 3.84. The van der Waals surface area contributed by atoms with Crippen molar-refractivity contribution >= 4 is 39.1 Å². The average molecular weight is 469 g/mol. The lowest BCUT2D eigenvalue weighted by molar-refractivity contribution is -0.123. The van der Waals surface area contributed by atoms with Crippen molar-refractivity contribution in [3.63, 3.8) is 0 Å². The molecule has 1 N–H and O–H groups in total. The number of hydrogen-bond acceptors (Lipinski definition) is 3. The van der Waals surface area contributed by atoms with Crippen LogP contribution in [0, 0.1) is 19.7 Å². The lowest BCUT2D eigenvalue weighted by Crippen LogP contribution is -2.40. The Bertz CT molecular complexity index is 1020. The Morgan fingerprint density at radius 1 is 1.36 bits per heavy atom. The van der Waals surface area contributed by atoms with E-state index in [2.05, 4.69) is 31.4 Å². The first-order valence-electron chi connectivity index (χ1n) is 8.60. The summed E-state index contributed by atoms with van der Waals surface area (Å²) in [6.45, 7) is 7.33. The summed E-state index contributed by atoms with van der Waals surface area (Å²) in [6.07, 6.45) is 3.37. The smallest absolute Gasteiger partial charge is 0.251 e. The molecule has 9 heteroatoms. The SMILES string of the molecule is Cc1nn(Cc2c(F)cccc2Cl)c(C)c1NC(=O)C(C)(C)n1cc(Br)cn1. The van der Waals surface area contributed by atoms with E-state index in [1.165, 1.54) is 6.07 Å². The lowest BCUT2D eigenvalue weighted by Gasteiger charge is -2.24. The van der Waals surface area contributed by atoms with Gasteiger partial charge >= 0.3 is 0 Å². The summed E-state index contributed by atoms with van der Waals surface area (Å²) >= 11 is 9.47. The molecule has 0 aliphatic carbocycles. The third-order valence-electron chi connectivity index (χ3n) is 4.67. The Kier molecular flexibility index (Phi) is 5.63. The van der Waals surface area contributed by atoms with Crippen LogP contribution in [-0.4, -0.2) is 25.5 Å². The molecule has 0 aliphatic heterocycles. The highest BCUT2D eigenvalue weighted by molar-refractivity contribution is 9.10. The van der Waals surface area contributed by atoms with Crippen molar-refractivity contribution < 1.29 is 9.18 Å². The Morgan fingerprint density at radius 3 is 2.68 bits per heavy atom. The first kappa shape index (κ1) is 20.5. The van der Waals surface area contributed by atoms with E-state index >= 15 is 0 Å². The number of nitrogens with zero attached hydrogens (tertiary/aromatic N) is 4. The van der Waals surface area contributed by atoms with Crippen molar-refractivity contribution in [3.05, 3.63) is 62.9 Å². The van der Waals surface area contributed by atoms with E-state index < -0.39 is 11.4 Å².